The summed E-state index contributed by atoms with van der Waals surface area (Å²) in [6, 6.07) is 15.2. The van der Waals surface area contributed by atoms with Crippen LogP contribution in [0.4, 0.5) is 4.39 Å². The summed E-state index contributed by atoms with van der Waals surface area (Å²) in [5, 5.41) is 3.13. The maximum absolute atomic E-state index is 13.3. The number of benzene rings is 2. The summed E-state index contributed by atoms with van der Waals surface area (Å²) in [7, 11) is 0. The lowest BCUT2D eigenvalue weighted by molar-refractivity contribution is -0.121. The zero-order valence-electron chi connectivity index (χ0n) is 13.0. The van der Waals surface area contributed by atoms with Crippen molar-refractivity contribution in [3.63, 3.8) is 0 Å². The molecule has 1 heterocycles. The van der Waals surface area contributed by atoms with Gasteiger partial charge in [-0.1, -0.05) is 30.3 Å². The molecule has 24 heavy (non-hydrogen) atoms. The van der Waals surface area contributed by atoms with E-state index in [9.17, 15) is 14.0 Å². The third-order valence-electron chi connectivity index (χ3n) is 3.83. The zero-order chi connectivity index (χ0) is 16.9. The molecule has 1 aromatic heterocycles. The highest BCUT2D eigenvalue weighted by molar-refractivity contribution is 5.82. The van der Waals surface area contributed by atoms with Crippen molar-refractivity contribution >= 4 is 16.8 Å². The number of hydrogen-bond acceptors (Lipinski definition) is 2. The summed E-state index contributed by atoms with van der Waals surface area (Å²) in [5.41, 5.74) is 1.44. The molecule has 0 unspecified atom stereocenters. The van der Waals surface area contributed by atoms with Crippen LogP contribution >= 0.6 is 0 Å². The highest BCUT2D eigenvalue weighted by Gasteiger charge is 2.07. The minimum absolute atomic E-state index is 0.0806. The van der Waals surface area contributed by atoms with Gasteiger partial charge < -0.3 is 9.88 Å². The van der Waals surface area contributed by atoms with Crippen LogP contribution < -0.4 is 10.7 Å². The van der Waals surface area contributed by atoms with Gasteiger partial charge in [-0.3, -0.25) is 9.59 Å². The maximum atomic E-state index is 13.3. The average molecular weight is 324 g/mol. The summed E-state index contributed by atoms with van der Waals surface area (Å²) in [6.45, 7) is 0.618. The Morgan fingerprint density at radius 2 is 1.88 bits per heavy atom. The number of carbonyl (C=O) groups is 1. The summed E-state index contributed by atoms with van der Waals surface area (Å²) in [4.78, 5) is 23.9. The molecule has 0 aliphatic carbocycles. The molecule has 2 aromatic carbocycles. The van der Waals surface area contributed by atoms with Gasteiger partial charge in [-0.25, -0.2) is 4.39 Å². The minimum atomic E-state index is -0.468. The number of rotatable bonds is 5. The second-order valence-electron chi connectivity index (χ2n) is 5.55. The molecule has 0 saturated heterocycles. The number of halogens is 1. The van der Waals surface area contributed by atoms with Crippen molar-refractivity contribution < 1.29 is 9.18 Å². The number of pyridine rings is 1. The fourth-order valence-corrected chi connectivity index (χ4v) is 2.62. The fourth-order valence-electron chi connectivity index (χ4n) is 2.62. The van der Waals surface area contributed by atoms with Gasteiger partial charge in [0.05, 0.1) is 5.52 Å². The smallest absolute Gasteiger partial charge is 0.239 e. The lowest BCUT2D eigenvalue weighted by Gasteiger charge is -2.11. The molecular weight excluding hydrogens is 307 g/mol. The number of nitrogens with one attached hydrogen (secondary N) is 1. The third kappa shape index (κ3) is 3.68. The standard InChI is InChI=1S/C19H17FN2O2/c20-15-6-7-17-16(12-15)18(23)9-11-22(17)13-19(24)21-10-8-14-4-2-1-3-5-14/h1-7,9,11-12H,8,10,13H2,(H,21,24). The highest BCUT2D eigenvalue weighted by atomic mass is 19.1. The Morgan fingerprint density at radius 3 is 2.67 bits per heavy atom. The molecule has 3 aromatic rings. The van der Waals surface area contributed by atoms with Gasteiger partial charge in [0.15, 0.2) is 5.43 Å². The Bertz CT molecular complexity index is 920. The SMILES string of the molecule is O=C(Cn1ccc(=O)c2cc(F)ccc21)NCCc1ccccc1. The first kappa shape index (κ1) is 15.9. The van der Waals surface area contributed by atoms with Gasteiger partial charge in [0, 0.05) is 24.2 Å². The maximum Gasteiger partial charge on any atom is 0.239 e. The first-order valence-corrected chi connectivity index (χ1v) is 7.73. The molecule has 5 heteroatoms. The van der Waals surface area contributed by atoms with Crippen LogP contribution in [0.5, 0.6) is 0 Å². The molecule has 0 aliphatic heterocycles. The van der Waals surface area contributed by atoms with Gasteiger partial charge in [0.1, 0.15) is 12.4 Å². The van der Waals surface area contributed by atoms with Gasteiger partial charge in [-0.2, -0.15) is 0 Å². The van der Waals surface area contributed by atoms with Gasteiger partial charge in [-0.15, -0.1) is 0 Å². The Kier molecular flexibility index (Phi) is 4.70. The van der Waals surface area contributed by atoms with E-state index in [0.29, 0.717) is 12.1 Å². The Hall–Kier alpha value is -2.95. The monoisotopic (exact) mass is 324 g/mol. The first-order valence-electron chi connectivity index (χ1n) is 7.73. The van der Waals surface area contributed by atoms with E-state index < -0.39 is 5.82 Å². The van der Waals surface area contributed by atoms with E-state index >= 15 is 0 Å². The molecule has 0 bridgehead atoms. The summed E-state index contributed by atoms with van der Waals surface area (Å²) in [5.74, 6) is -0.620. The van der Waals surface area contributed by atoms with E-state index in [-0.39, 0.29) is 23.3 Å². The molecule has 1 amide bonds. The van der Waals surface area contributed by atoms with Crippen molar-refractivity contribution in [3.8, 4) is 0 Å². The van der Waals surface area contributed by atoms with E-state index in [1.165, 1.54) is 24.3 Å². The van der Waals surface area contributed by atoms with E-state index in [1.807, 2.05) is 30.3 Å². The summed E-state index contributed by atoms with van der Waals surface area (Å²) >= 11 is 0. The van der Waals surface area contributed by atoms with Crippen LogP contribution in [-0.4, -0.2) is 17.0 Å². The molecule has 0 radical (unpaired) electrons. The molecule has 0 spiro atoms. The van der Waals surface area contributed by atoms with Crippen molar-refractivity contribution in [1.82, 2.24) is 9.88 Å². The number of hydrogen-bond donors (Lipinski definition) is 1. The zero-order valence-corrected chi connectivity index (χ0v) is 13.0. The largest absolute Gasteiger partial charge is 0.354 e. The number of carbonyl (C=O) groups excluding carboxylic acids is 1. The van der Waals surface area contributed by atoms with Crippen molar-refractivity contribution in [3.05, 3.63) is 82.4 Å². The van der Waals surface area contributed by atoms with E-state index in [2.05, 4.69) is 5.32 Å². The third-order valence-corrected chi connectivity index (χ3v) is 3.83. The molecule has 3 rings (SSSR count). The highest BCUT2D eigenvalue weighted by Crippen LogP contribution is 2.12. The van der Waals surface area contributed by atoms with Crippen LogP contribution in [0, 0.1) is 5.82 Å². The lowest BCUT2D eigenvalue weighted by Crippen LogP contribution is -2.29. The molecule has 122 valence electrons. The predicted molar refractivity (Wildman–Crippen MR) is 91.3 cm³/mol. The lowest BCUT2D eigenvalue weighted by atomic mass is 10.1. The van der Waals surface area contributed by atoms with Crippen molar-refractivity contribution in [2.75, 3.05) is 6.54 Å². The van der Waals surface area contributed by atoms with Gasteiger partial charge in [0.25, 0.3) is 0 Å². The number of fused-ring (bicyclic) bond motifs is 1. The van der Waals surface area contributed by atoms with Gasteiger partial charge in [-0.05, 0) is 30.2 Å². The second kappa shape index (κ2) is 7.08. The molecule has 0 atom stereocenters. The molecular formula is C19H17FN2O2. The molecule has 0 fully saturated rings. The topological polar surface area (TPSA) is 51.1 Å². The van der Waals surface area contributed by atoms with Crippen molar-refractivity contribution in [1.29, 1.82) is 0 Å². The van der Waals surface area contributed by atoms with Crippen molar-refractivity contribution in [2.45, 2.75) is 13.0 Å². The quantitative estimate of drug-likeness (QED) is 0.784. The number of aromatic nitrogens is 1. The van der Waals surface area contributed by atoms with Crippen LogP contribution in [0.15, 0.2) is 65.6 Å². The fraction of sp³-hybridized carbons (Fsp3) is 0.158. The number of nitrogens with zero attached hydrogens (tertiary/aromatic N) is 1. The number of amides is 1. The van der Waals surface area contributed by atoms with E-state index in [0.717, 1.165) is 12.0 Å². The molecule has 0 aliphatic rings. The predicted octanol–water partition coefficient (Wildman–Crippen LogP) is 2.50. The van der Waals surface area contributed by atoms with E-state index in [4.69, 9.17) is 0 Å². The summed E-state index contributed by atoms with van der Waals surface area (Å²) < 4.78 is 15.0. The Labute approximate surface area is 138 Å². The minimum Gasteiger partial charge on any atom is -0.354 e. The van der Waals surface area contributed by atoms with Crippen LogP contribution in [0.25, 0.3) is 10.9 Å². The van der Waals surface area contributed by atoms with Gasteiger partial charge >= 0.3 is 0 Å². The normalized spacial score (nSPS) is 10.7. The summed E-state index contributed by atoms with van der Waals surface area (Å²) in [6.07, 6.45) is 2.31. The van der Waals surface area contributed by atoms with Crippen LogP contribution in [-0.2, 0) is 17.8 Å². The van der Waals surface area contributed by atoms with Crippen molar-refractivity contribution in [2.24, 2.45) is 0 Å². The van der Waals surface area contributed by atoms with Crippen LogP contribution in [0.1, 0.15) is 5.56 Å². The molecule has 1 N–H and O–H groups in total. The molecule has 0 saturated carbocycles. The second-order valence-corrected chi connectivity index (χ2v) is 5.55. The molecule has 4 nitrogen and oxygen atoms in total. The first-order chi connectivity index (χ1) is 11.6. The average Bonchev–Trinajstić information content (AvgIpc) is 2.58. The van der Waals surface area contributed by atoms with Gasteiger partial charge in [0.2, 0.25) is 5.91 Å². The van der Waals surface area contributed by atoms with Crippen LogP contribution in [0.2, 0.25) is 0 Å². The van der Waals surface area contributed by atoms with E-state index in [1.54, 1.807) is 10.8 Å². The Balaban J connectivity index is 1.67. The Morgan fingerprint density at radius 1 is 1.08 bits per heavy atom. The van der Waals surface area contributed by atoms with Crippen LogP contribution in [0.3, 0.4) is 0 Å².